The Bertz CT molecular complexity index is 653. The fourth-order valence-electron chi connectivity index (χ4n) is 2.21. The summed E-state index contributed by atoms with van der Waals surface area (Å²) in [6.07, 6.45) is 0. The minimum Gasteiger partial charge on any atom is -0.465 e. The number of benzene rings is 1. The summed E-state index contributed by atoms with van der Waals surface area (Å²) in [5, 5.41) is 0. The number of nitrogens with two attached hydrogens (primary N) is 1. The summed E-state index contributed by atoms with van der Waals surface area (Å²) < 4.78 is 31.0. The molecule has 7 heteroatoms. The lowest BCUT2D eigenvalue weighted by molar-refractivity contribution is -0.143. The van der Waals surface area contributed by atoms with Crippen LogP contribution in [0, 0.1) is 20.8 Å². The van der Waals surface area contributed by atoms with Gasteiger partial charge in [-0.25, -0.2) is 8.42 Å². The van der Waals surface area contributed by atoms with E-state index in [1.165, 1.54) is 7.05 Å². The number of carbonyl (C=O) groups is 1. The van der Waals surface area contributed by atoms with Crippen molar-refractivity contribution in [3.8, 4) is 0 Å². The standard InChI is InChI=1S/C14H22N2O4S/c1-6-20-12(17)8-16(5)21(18,19)14-10(3)7-9(2)13(15)11(14)4/h7H,6,8,15H2,1-5H3. The molecule has 0 saturated heterocycles. The molecule has 2 N–H and O–H groups in total. The molecule has 118 valence electrons. The Balaban J connectivity index is 3.26. The minimum absolute atomic E-state index is 0.150. The molecule has 0 aromatic heterocycles. The number of anilines is 1. The molecule has 0 unspecified atom stereocenters. The number of sulfonamides is 1. The highest BCUT2D eigenvalue weighted by molar-refractivity contribution is 7.89. The zero-order valence-electron chi connectivity index (χ0n) is 13.1. The van der Waals surface area contributed by atoms with E-state index in [0.29, 0.717) is 16.8 Å². The third-order valence-corrected chi connectivity index (χ3v) is 5.38. The van der Waals surface area contributed by atoms with Crippen LogP contribution in [0.15, 0.2) is 11.0 Å². The van der Waals surface area contributed by atoms with Crippen molar-refractivity contribution in [1.29, 1.82) is 0 Å². The van der Waals surface area contributed by atoms with E-state index in [-0.39, 0.29) is 18.0 Å². The Labute approximate surface area is 125 Å². The van der Waals surface area contributed by atoms with Crippen molar-refractivity contribution in [1.82, 2.24) is 4.31 Å². The number of aryl methyl sites for hydroxylation is 2. The zero-order valence-corrected chi connectivity index (χ0v) is 13.9. The van der Waals surface area contributed by atoms with E-state index in [0.717, 1.165) is 9.87 Å². The summed E-state index contributed by atoms with van der Waals surface area (Å²) in [7, 11) is -2.45. The summed E-state index contributed by atoms with van der Waals surface area (Å²) in [5.74, 6) is -0.584. The summed E-state index contributed by atoms with van der Waals surface area (Å²) in [6.45, 7) is 6.76. The number of rotatable bonds is 5. The average Bonchev–Trinajstić information content (AvgIpc) is 2.35. The average molecular weight is 314 g/mol. The summed E-state index contributed by atoms with van der Waals surface area (Å²) in [6, 6.07) is 1.73. The number of hydrogen-bond donors (Lipinski definition) is 1. The van der Waals surface area contributed by atoms with E-state index < -0.39 is 16.0 Å². The van der Waals surface area contributed by atoms with Gasteiger partial charge in [0.15, 0.2) is 0 Å². The molecule has 0 amide bonds. The van der Waals surface area contributed by atoms with E-state index in [4.69, 9.17) is 10.5 Å². The molecule has 1 aromatic rings. The Morgan fingerprint density at radius 3 is 2.38 bits per heavy atom. The van der Waals surface area contributed by atoms with Crippen molar-refractivity contribution in [2.75, 3.05) is 25.9 Å². The molecule has 0 radical (unpaired) electrons. The van der Waals surface area contributed by atoms with Crippen LogP contribution in [0.2, 0.25) is 0 Å². The van der Waals surface area contributed by atoms with E-state index in [1.54, 1.807) is 26.8 Å². The minimum atomic E-state index is -3.80. The van der Waals surface area contributed by atoms with Crippen molar-refractivity contribution in [3.05, 3.63) is 22.8 Å². The molecule has 6 nitrogen and oxygen atoms in total. The van der Waals surface area contributed by atoms with Gasteiger partial charge in [0, 0.05) is 12.7 Å². The van der Waals surface area contributed by atoms with E-state index >= 15 is 0 Å². The summed E-state index contributed by atoms with van der Waals surface area (Å²) in [4.78, 5) is 11.6. The van der Waals surface area contributed by atoms with Gasteiger partial charge in [-0.2, -0.15) is 4.31 Å². The van der Waals surface area contributed by atoms with Crippen LogP contribution in [0.3, 0.4) is 0 Å². The third kappa shape index (κ3) is 3.54. The number of nitrogens with zero attached hydrogens (tertiary/aromatic N) is 1. The second-order valence-electron chi connectivity index (χ2n) is 4.94. The van der Waals surface area contributed by atoms with Gasteiger partial charge >= 0.3 is 5.97 Å². The van der Waals surface area contributed by atoms with Gasteiger partial charge in [-0.15, -0.1) is 0 Å². The number of likely N-dealkylation sites (N-methyl/N-ethyl adjacent to an activating group) is 1. The quantitative estimate of drug-likeness (QED) is 0.655. The molecule has 1 rings (SSSR count). The number of ether oxygens (including phenoxy) is 1. The van der Waals surface area contributed by atoms with E-state index in [9.17, 15) is 13.2 Å². The molecule has 1 aromatic carbocycles. The van der Waals surface area contributed by atoms with Gasteiger partial charge in [-0.3, -0.25) is 4.79 Å². The Hall–Kier alpha value is -1.60. The monoisotopic (exact) mass is 314 g/mol. The molecule has 0 atom stereocenters. The Morgan fingerprint density at radius 1 is 1.29 bits per heavy atom. The molecule has 0 saturated carbocycles. The molecule has 0 bridgehead atoms. The van der Waals surface area contributed by atoms with E-state index in [2.05, 4.69) is 0 Å². The lowest BCUT2D eigenvalue weighted by Crippen LogP contribution is -2.34. The highest BCUT2D eigenvalue weighted by Gasteiger charge is 2.28. The van der Waals surface area contributed by atoms with Crippen LogP contribution < -0.4 is 5.73 Å². The van der Waals surface area contributed by atoms with Crippen molar-refractivity contribution < 1.29 is 17.9 Å². The maximum Gasteiger partial charge on any atom is 0.321 e. The molecule has 0 heterocycles. The van der Waals surface area contributed by atoms with Gasteiger partial charge in [0.2, 0.25) is 10.0 Å². The molecule has 21 heavy (non-hydrogen) atoms. The second kappa shape index (κ2) is 6.44. The van der Waals surface area contributed by atoms with Crippen molar-refractivity contribution in [2.45, 2.75) is 32.6 Å². The lowest BCUT2D eigenvalue weighted by atomic mass is 10.1. The largest absolute Gasteiger partial charge is 0.465 e. The van der Waals surface area contributed by atoms with Crippen LogP contribution in [0.5, 0.6) is 0 Å². The molecule has 0 aliphatic carbocycles. The van der Waals surface area contributed by atoms with Crippen LogP contribution in [-0.4, -0.2) is 38.9 Å². The van der Waals surface area contributed by atoms with Gasteiger partial charge in [0.1, 0.15) is 6.54 Å². The summed E-state index contributed by atoms with van der Waals surface area (Å²) in [5.41, 5.74) is 8.31. The first kappa shape index (κ1) is 17.5. The topological polar surface area (TPSA) is 89.7 Å². The first-order chi connectivity index (χ1) is 9.62. The molecule has 0 aliphatic rings. The highest BCUT2D eigenvalue weighted by Crippen LogP contribution is 2.29. The normalized spacial score (nSPS) is 11.7. The summed E-state index contributed by atoms with van der Waals surface area (Å²) >= 11 is 0. The molecular formula is C14H22N2O4S. The second-order valence-corrected chi connectivity index (χ2v) is 6.93. The van der Waals surface area contributed by atoms with Crippen LogP contribution >= 0.6 is 0 Å². The molecule has 0 fully saturated rings. The van der Waals surface area contributed by atoms with Gasteiger partial charge in [-0.05, 0) is 44.4 Å². The number of nitrogen functional groups attached to an aromatic ring is 1. The number of esters is 1. The SMILES string of the molecule is CCOC(=O)CN(C)S(=O)(=O)c1c(C)cc(C)c(N)c1C. The smallest absolute Gasteiger partial charge is 0.321 e. The van der Waals surface area contributed by atoms with Crippen LogP contribution in [0.1, 0.15) is 23.6 Å². The van der Waals surface area contributed by atoms with Crippen LogP contribution in [-0.2, 0) is 19.6 Å². The fraction of sp³-hybridized carbons (Fsp3) is 0.500. The first-order valence-corrected chi connectivity index (χ1v) is 8.05. The number of carbonyl (C=O) groups excluding carboxylic acids is 1. The Morgan fingerprint density at radius 2 is 1.86 bits per heavy atom. The lowest BCUT2D eigenvalue weighted by Gasteiger charge is -2.21. The Kier molecular flexibility index (Phi) is 5.36. The van der Waals surface area contributed by atoms with Gasteiger partial charge in [-0.1, -0.05) is 6.07 Å². The number of hydrogen-bond acceptors (Lipinski definition) is 5. The predicted molar refractivity (Wildman–Crippen MR) is 81.5 cm³/mol. The van der Waals surface area contributed by atoms with Gasteiger partial charge in [0.05, 0.1) is 11.5 Å². The van der Waals surface area contributed by atoms with Gasteiger partial charge < -0.3 is 10.5 Å². The van der Waals surface area contributed by atoms with Crippen molar-refractivity contribution in [3.63, 3.8) is 0 Å². The maximum absolute atomic E-state index is 12.6. The third-order valence-electron chi connectivity index (χ3n) is 3.29. The van der Waals surface area contributed by atoms with Crippen molar-refractivity contribution >= 4 is 21.7 Å². The molecule has 0 spiro atoms. The van der Waals surface area contributed by atoms with Crippen molar-refractivity contribution in [2.24, 2.45) is 0 Å². The zero-order chi connectivity index (χ0) is 16.4. The van der Waals surface area contributed by atoms with Gasteiger partial charge in [0.25, 0.3) is 0 Å². The maximum atomic E-state index is 12.6. The first-order valence-electron chi connectivity index (χ1n) is 6.61. The van der Waals surface area contributed by atoms with E-state index in [1.807, 2.05) is 6.92 Å². The van der Waals surface area contributed by atoms with Crippen LogP contribution in [0.25, 0.3) is 0 Å². The predicted octanol–water partition coefficient (Wildman–Crippen LogP) is 1.38. The van der Waals surface area contributed by atoms with Crippen LogP contribution in [0.4, 0.5) is 5.69 Å². The molecule has 0 aliphatic heterocycles. The molecular weight excluding hydrogens is 292 g/mol. The fourth-order valence-corrected chi connectivity index (χ4v) is 3.76. The highest BCUT2D eigenvalue weighted by atomic mass is 32.2.